The molecule has 0 bridgehead atoms. The third-order valence-corrected chi connectivity index (χ3v) is 5.11. The normalized spacial score (nSPS) is 14.3. The number of carbonyl (C=O) groups is 6. The number of thioether (sulfide) groups is 1. The van der Waals surface area contributed by atoms with Crippen LogP contribution in [-0.4, -0.2) is 87.7 Å². The first kappa shape index (κ1) is 29.5. The average molecular weight is 496 g/mol. The largest absolute Gasteiger partial charge is 0.481 e. The smallest absolute Gasteiger partial charge is 0.326 e. The van der Waals surface area contributed by atoms with Crippen molar-refractivity contribution < 1.29 is 39.0 Å². The fraction of sp³-hybridized carbons (Fsp3) is 0.647. The number of nitrogens with one attached hydrogen (secondary N) is 3. The van der Waals surface area contributed by atoms with E-state index in [1.54, 1.807) is 6.26 Å². The maximum atomic E-state index is 12.7. The topological polar surface area (TPSA) is 231 Å². The molecule has 13 nitrogen and oxygen atoms in total. The van der Waals surface area contributed by atoms with Gasteiger partial charge >= 0.3 is 11.9 Å². The van der Waals surface area contributed by atoms with Gasteiger partial charge in [0.05, 0.1) is 12.5 Å². The Hall–Kier alpha value is -2.52. The summed E-state index contributed by atoms with van der Waals surface area (Å²) >= 11 is 5.25. The summed E-state index contributed by atoms with van der Waals surface area (Å²) in [5.74, 6) is -5.72. The van der Waals surface area contributed by atoms with Gasteiger partial charge in [-0.25, -0.2) is 4.79 Å². The number of thiol groups is 1. The number of hydrogen-bond donors (Lipinski definition) is 8. The van der Waals surface area contributed by atoms with Crippen LogP contribution in [0.15, 0.2) is 0 Å². The van der Waals surface area contributed by atoms with Crippen molar-refractivity contribution in [1.82, 2.24) is 16.0 Å². The zero-order chi connectivity index (χ0) is 24.8. The molecule has 32 heavy (non-hydrogen) atoms. The Bertz CT molecular complexity index is 708. The number of aliphatic carboxylic acids is 2. The standard InChI is InChI=1S/C17H29N5O8S2/c1-32-5-4-10(16(28)22-11(17(29)30)6-12(19)23)21-15(27)9(2-3-13(24)25)20-14(26)8(18)7-31/h8-11,31H,2-7,18H2,1H3,(H2,19,23)(H,20,26)(H,21,27)(H,22,28)(H,24,25)(H,29,30). The summed E-state index contributed by atoms with van der Waals surface area (Å²) in [5.41, 5.74) is 10.6. The second-order valence-electron chi connectivity index (χ2n) is 6.70. The van der Waals surface area contributed by atoms with Gasteiger partial charge in [-0.15, -0.1) is 0 Å². The third kappa shape index (κ3) is 11.8. The van der Waals surface area contributed by atoms with E-state index in [2.05, 4.69) is 28.6 Å². The number of rotatable bonds is 16. The number of carboxylic acid groups (broad SMARTS) is 2. The Morgan fingerprint density at radius 2 is 1.41 bits per heavy atom. The van der Waals surface area contributed by atoms with E-state index >= 15 is 0 Å². The Kier molecular flexibility index (Phi) is 14.1. The average Bonchev–Trinajstić information content (AvgIpc) is 2.71. The fourth-order valence-electron chi connectivity index (χ4n) is 2.35. The number of carbonyl (C=O) groups excluding carboxylic acids is 4. The molecule has 15 heteroatoms. The predicted octanol–water partition coefficient (Wildman–Crippen LogP) is -2.72. The first-order valence-corrected chi connectivity index (χ1v) is 11.4. The van der Waals surface area contributed by atoms with Crippen molar-refractivity contribution in [3.8, 4) is 0 Å². The lowest BCUT2D eigenvalue weighted by molar-refractivity contribution is -0.143. The molecule has 182 valence electrons. The van der Waals surface area contributed by atoms with E-state index in [1.807, 2.05) is 0 Å². The molecule has 0 heterocycles. The van der Waals surface area contributed by atoms with Crippen molar-refractivity contribution in [2.75, 3.05) is 17.8 Å². The summed E-state index contributed by atoms with van der Waals surface area (Å²) in [6.07, 6.45) is 0.470. The molecule has 0 spiro atoms. The Morgan fingerprint density at radius 1 is 0.906 bits per heavy atom. The molecule has 4 unspecified atom stereocenters. The first-order valence-electron chi connectivity index (χ1n) is 9.42. The van der Waals surface area contributed by atoms with Crippen molar-refractivity contribution in [2.45, 2.75) is 49.9 Å². The molecule has 0 fully saturated rings. The summed E-state index contributed by atoms with van der Waals surface area (Å²) in [5, 5.41) is 24.9. The van der Waals surface area contributed by atoms with Crippen LogP contribution in [0.4, 0.5) is 0 Å². The highest BCUT2D eigenvalue weighted by Gasteiger charge is 2.30. The maximum Gasteiger partial charge on any atom is 0.326 e. The van der Waals surface area contributed by atoms with Gasteiger partial charge in [0.2, 0.25) is 23.6 Å². The van der Waals surface area contributed by atoms with Crippen molar-refractivity contribution in [2.24, 2.45) is 11.5 Å². The molecule has 0 aromatic rings. The number of nitrogens with two attached hydrogens (primary N) is 2. The van der Waals surface area contributed by atoms with Gasteiger partial charge in [-0.1, -0.05) is 0 Å². The van der Waals surface area contributed by atoms with E-state index in [4.69, 9.17) is 21.7 Å². The van der Waals surface area contributed by atoms with E-state index in [-0.39, 0.29) is 18.6 Å². The monoisotopic (exact) mass is 495 g/mol. The highest BCUT2D eigenvalue weighted by molar-refractivity contribution is 7.98. The molecule has 0 aliphatic carbocycles. The lowest BCUT2D eigenvalue weighted by Gasteiger charge is -2.24. The highest BCUT2D eigenvalue weighted by Crippen LogP contribution is 2.06. The lowest BCUT2D eigenvalue weighted by atomic mass is 10.1. The molecule has 0 radical (unpaired) electrons. The van der Waals surface area contributed by atoms with Crippen LogP contribution in [0, 0.1) is 0 Å². The number of hydrogen-bond acceptors (Lipinski definition) is 9. The molecule has 9 N–H and O–H groups in total. The van der Waals surface area contributed by atoms with Gasteiger partial charge in [0.25, 0.3) is 0 Å². The van der Waals surface area contributed by atoms with E-state index in [0.29, 0.717) is 5.75 Å². The number of carboxylic acids is 2. The summed E-state index contributed by atoms with van der Waals surface area (Å²) < 4.78 is 0. The van der Waals surface area contributed by atoms with Crippen molar-refractivity contribution in [3.63, 3.8) is 0 Å². The number of amides is 4. The van der Waals surface area contributed by atoms with Crippen LogP contribution in [0.3, 0.4) is 0 Å². The van der Waals surface area contributed by atoms with Crippen LogP contribution in [-0.2, 0) is 28.8 Å². The van der Waals surface area contributed by atoms with Crippen LogP contribution < -0.4 is 27.4 Å². The molecular formula is C17H29N5O8S2. The van der Waals surface area contributed by atoms with Gasteiger partial charge in [-0.05, 0) is 24.9 Å². The van der Waals surface area contributed by atoms with Crippen LogP contribution in [0.5, 0.6) is 0 Å². The molecule has 0 rings (SSSR count). The summed E-state index contributed by atoms with van der Waals surface area (Å²) in [7, 11) is 0. The molecule has 0 aromatic carbocycles. The van der Waals surface area contributed by atoms with E-state index < -0.39 is 72.6 Å². The van der Waals surface area contributed by atoms with Gasteiger partial charge in [-0.3, -0.25) is 24.0 Å². The van der Waals surface area contributed by atoms with Crippen LogP contribution in [0.2, 0.25) is 0 Å². The van der Waals surface area contributed by atoms with E-state index in [0.717, 1.165) is 0 Å². The molecule has 0 saturated heterocycles. The SMILES string of the molecule is CSCCC(NC(=O)C(CCC(=O)O)NC(=O)C(N)CS)C(=O)NC(CC(N)=O)C(=O)O. The molecule has 0 saturated carbocycles. The molecule has 4 amide bonds. The van der Waals surface area contributed by atoms with Crippen molar-refractivity contribution >= 4 is 60.0 Å². The second-order valence-corrected chi connectivity index (χ2v) is 8.05. The molecule has 0 aliphatic heterocycles. The highest BCUT2D eigenvalue weighted by atomic mass is 32.2. The lowest BCUT2D eigenvalue weighted by Crippen LogP contribution is -2.57. The quantitative estimate of drug-likeness (QED) is 0.103. The van der Waals surface area contributed by atoms with Gasteiger partial charge in [0.1, 0.15) is 18.1 Å². The summed E-state index contributed by atoms with van der Waals surface area (Å²) in [6.45, 7) is 0. The Morgan fingerprint density at radius 3 is 1.84 bits per heavy atom. The molecule has 4 atom stereocenters. The van der Waals surface area contributed by atoms with Gasteiger partial charge in [-0.2, -0.15) is 24.4 Å². The zero-order valence-corrected chi connectivity index (χ0v) is 19.1. The summed E-state index contributed by atoms with van der Waals surface area (Å²) in [6, 6.07) is -5.16. The second kappa shape index (κ2) is 15.3. The first-order chi connectivity index (χ1) is 14.9. The minimum Gasteiger partial charge on any atom is -0.481 e. The van der Waals surface area contributed by atoms with E-state index in [1.165, 1.54) is 11.8 Å². The minimum atomic E-state index is -1.59. The van der Waals surface area contributed by atoms with Crippen LogP contribution in [0.1, 0.15) is 25.7 Å². The maximum absolute atomic E-state index is 12.7. The van der Waals surface area contributed by atoms with Crippen molar-refractivity contribution in [3.05, 3.63) is 0 Å². The Labute approximate surface area is 194 Å². The van der Waals surface area contributed by atoms with Crippen molar-refractivity contribution in [1.29, 1.82) is 0 Å². The fourth-order valence-corrected chi connectivity index (χ4v) is 2.99. The van der Waals surface area contributed by atoms with Crippen LogP contribution in [0.25, 0.3) is 0 Å². The van der Waals surface area contributed by atoms with Crippen LogP contribution >= 0.6 is 24.4 Å². The molecular weight excluding hydrogens is 466 g/mol. The third-order valence-electron chi connectivity index (χ3n) is 4.08. The van der Waals surface area contributed by atoms with E-state index in [9.17, 15) is 28.8 Å². The summed E-state index contributed by atoms with van der Waals surface area (Å²) in [4.78, 5) is 70.6. The Balaban J connectivity index is 5.48. The predicted molar refractivity (Wildman–Crippen MR) is 119 cm³/mol. The molecule has 0 aliphatic rings. The number of primary amides is 1. The van der Waals surface area contributed by atoms with Gasteiger partial charge in [0, 0.05) is 12.2 Å². The van der Waals surface area contributed by atoms with Gasteiger partial charge in [0.15, 0.2) is 0 Å². The van der Waals surface area contributed by atoms with Gasteiger partial charge < -0.3 is 37.6 Å². The zero-order valence-electron chi connectivity index (χ0n) is 17.4. The molecule has 0 aromatic heterocycles. The minimum absolute atomic E-state index is 0.0195.